The van der Waals surface area contributed by atoms with Crippen LogP contribution in [0.15, 0.2) is 23.6 Å². The predicted molar refractivity (Wildman–Crippen MR) is 60.9 cm³/mol. The summed E-state index contributed by atoms with van der Waals surface area (Å²) in [4.78, 5) is 7.91. The first-order chi connectivity index (χ1) is 8.40. The molecule has 4 nitrogen and oxygen atoms in total. The first-order valence-electron chi connectivity index (χ1n) is 4.61. The molecule has 0 aromatic carbocycles. The quantitative estimate of drug-likeness (QED) is 0.485. The average Bonchev–Trinajstić information content (AvgIpc) is 2.77. The van der Waals surface area contributed by atoms with Gasteiger partial charge in [0.25, 0.3) is 0 Å². The SMILES string of the molecule is CSc1nc(Cl)cc(-n2cc(C(F)(F)F)cn2)n1. The molecule has 0 aliphatic carbocycles. The predicted octanol–water partition coefficient (Wildman–Crippen LogP) is 3.06. The van der Waals surface area contributed by atoms with Crippen LogP contribution in [-0.4, -0.2) is 26.0 Å². The van der Waals surface area contributed by atoms with Crippen LogP contribution in [0.3, 0.4) is 0 Å². The highest BCUT2D eigenvalue weighted by Crippen LogP contribution is 2.29. The molecule has 0 saturated carbocycles. The van der Waals surface area contributed by atoms with Gasteiger partial charge in [-0.1, -0.05) is 23.4 Å². The van der Waals surface area contributed by atoms with Gasteiger partial charge in [0.2, 0.25) is 0 Å². The maximum absolute atomic E-state index is 12.4. The van der Waals surface area contributed by atoms with E-state index in [4.69, 9.17) is 11.6 Å². The van der Waals surface area contributed by atoms with E-state index in [9.17, 15) is 13.2 Å². The molecule has 0 amide bonds. The Balaban J connectivity index is 2.43. The highest BCUT2D eigenvalue weighted by atomic mass is 35.5. The first-order valence-corrected chi connectivity index (χ1v) is 6.21. The third kappa shape index (κ3) is 2.75. The van der Waals surface area contributed by atoms with Crippen molar-refractivity contribution in [1.29, 1.82) is 0 Å². The fourth-order valence-electron chi connectivity index (χ4n) is 1.19. The molecule has 0 N–H and O–H groups in total. The number of nitrogens with zero attached hydrogens (tertiary/aromatic N) is 4. The zero-order chi connectivity index (χ0) is 13.3. The molecule has 0 bridgehead atoms. The normalized spacial score (nSPS) is 11.8. The Kier molecular flexibility index (Phi) is 3.49. The third-order valence-electron chi connectivity index (χ3n) is 1.99. The third-order valence-corrected chi connectivity index (χ3v) is 2.73. The molecular weight excluding hydrogens is 289 g/mol. The molecule has 0 aliphatic heterocycles. The minimum Gasteiger partial charge on any atom is -0.222 e. The number of thioether (sulfide) groups is 1. The van der Waals surface area contributed by atoms with Crippen molar-refractivity contribution in [3.05, 3.63) is 29.2 Å². The molecule has 96 valence electrons. The van der Waals surface area contributed by atoms with E-state index >= 15 is 0 Å². The van der Waals surface area contributed by atoms with Crippen LogP contribution in [0.1, 0.15) is 5.56 Å². The summed E-state index contributed by atoms with van der Waals surface area (Å²) in [5, 5.41) is 4.12. The molecule has 0 radical (unpaired) electrons. The summed E-state index contributed by atoms with van der Waals surface area (Å²) in [5.74, 6) is 0.190. The summed E-state index contributed by atoms with van der Waals surface area (Å²) in [7, 11) is 0. The minimum atomic E-state index is -4.43. The van der Waals surface area contributed by atoms with Gasteiger partial charge >= 0.3 is 6.18 Å². The number of hydrogen-bond acceptors (Lipinski definition) is 4. The van der Waals surface area contributed by atoms with Gasteiger partial charge in [-0.2, -0.15) is 18.3 Å². The number of hydrogen-bond donors (Lipinski definition) is 0. The molecule has 2 rings (SSSR count). The summed E-state index contributed by atoms with van der Waals surface area (Å²) in [6.45, 7) is 0. The maximum atomic E-state index is 12.4. The van der Waals surface area contributed by atoms with Crippen LogP contribution in [0, 0.1) is 0 Å². The lowest BCUT2D eigenvalue weighted by Crippen LogP contribution is -2.04. The monoisotopic (exact) mass is 294 g/mol. The van der Waals surface area contributed by atoms with Crippen molar-refractivity contribution in [2.45, 2.75) is 11.3 Å². The van der Waals surface area contributed by atoms with E-state index in [-0.39, 0.29) is 11.0 Å². The van der Waals surface area contributed by atoms with Gasteiger partial charge in [0, 0.05) is 12.3 Å². The average molecular weight is 295 g/mol. The van der Waals surface area contributed by atoms with E-state index in [1.165, 1.54) is 17.8 Å². The molecule has 18 heavy (non-hydrogen) atoms. The second-order valence-electron chi connectivity index (χ2n) is 3.21. The number of aromatic nitrogens is 4. The Bertz CT molecular complexity index is 569. The highest BCUT2D eigenvalue weighted by molar-refractivity contribution is 7.98. The Morgan fingerprint density at radius 1 is 1.33 bits per heavy atom. The summed E-state index contributed by atoms with van der Waals surface area (Å²) < 4.78 is 38.3. The number of rotatable bonds is 2. The fourth-order valence-corrected chi connectivity index (χ4v) is 1.79. The molecule has 2 aromatic heterocycles. The summed E-state index contributed by atoms with van der Waals surface area (Å²) in [5.41, 5.74) is -0.845. The molecule has 2 heterocycles. The van der Waals surface area contributed by atoms with Crippen LogP contribution in [-0.2, 0) is 6.18 Å². The van der Waals surface area contributed by atoms with Crippen molar-refractivity contribution in [3.63, 3.8) is 0 Å². The van der Waals surface area contributed by atoms with Crippen LogP contribution in [0.25, 0.3) is 5.82 Å². The number of halogens is 4. The van der Waals surface area contributed by atoms with Crippen LogP contribution in [0.4, 0.5) is 13.2 Å². The molecule has 0 aliphatic rings. The van der Waals surface area contributed by atoms with E-state index < -0.39 is 11.7 Å². The Labute approximate surface area is 109 Å². The molecule has 0 unspecified atom stereocenters. The van der Waals surface area contributed by atoms with Gasteiger partial charge in [-0.25, -0.2) is 14.6 Å². The Morgan fingerprint density at radius 2 is 2.06 bits per heavy atom. The number of alkyl halides is 3. The van der Waals surface area contributed by atoms with Gasteiger partial charge in [0.05, 0.1) is 11.8 Å². The zero-order valence-electron chi connectivity index (χ0n) is 8.94. The second-order valence-corrected chi connectivity index (χ2v) is 4.37. The summed E-state index contributed by atoms with van der Waals surface area (Å²) >= 11 is 6.98. The van der Waals surface area contributed by atoms with Gasteiger partial charge in [0.15, 0.2) is 11.0 Å². The molecule has 0 fully saturated rings. The molecule has 0 spiro atoms. The van der Waals surface area contributed by atoms with Gasteiger partial charge in [0.1, 0.15) is 5.15 Å². The summed E-state index contributed by atoms with van der Waals surface area (Å²) in [6.07, 6.45) is -1.12. The van der Waals surface area contributed by atoms with Crippen LogP contribution >= 0.6 is 23.4 Å². The summed E-state index contributed by atoms with van der Waals surface area (Å²) in [6, 6.07) is 1.34. The van der Waals surface area contributed by atoms with Gasteiger partial charge in [-0.3, -0.25) is 0 Å². The van der Waals surface area contributed by atoms with Crippen LogP contribution in [0.2, 0.25) is 5.15 Å². The van der Waals surface area contributed by atoms with E-state index in [0.29, 0.717) is 5.16 Å². The van der Waals surface area contributed by atoms with E-state index in [1.807, 2.05) is 0 Å². The fraction of sp³-hybridized carbons (Fsp3) is 0.222. The molecule has 2 aromatic rings. The first kappa shape index (κ1) is 13.2. The molecular formula is C9H6ClF3N4S. The lowest BCUT2D eigenvalue weighted by molar-refractivity contribution is -0.137. The van der Waals surface area contributed by atoms with Crippen LogP contribution in [0.5, 0.6) is 0 Å². The van der Waals surface area contributed by atoms with E-state index in [2.05, 4.69) is 15.1 Å². The van der Waals surface area contributed by atoms with Crippen molar-refractivity contribution < 1.29 is 13.2 Å². The van der Waals surface area contributed by atoms with Crippen molar-refractivity contribution in [2.75, 3.05) is 6.26 Å². The topological polar surface area (TPSA) is 43.6 Å². The standard InChI is InChI=1S/C9H6ClF3N4S/c1-18-8-15-6(10)2-7(16-8)17-4-5(3-14-17)9(11,12)13/h2-4H,1H3. The van der Waals surface area contributed by atoms with Crippen molar-refractivity contribution in [1.82, 2.24) is 19.7 Å². The Morgan fingerprint density at radius 3 is 2.61 bits per heavy atom. The van der Waals surface area contributed by atoms with Gasteiger partial charge in [-0.05, 0) is 6.26 Å². The molecule has 0 atom stereocenters. The van der Waals surface area contributed by atoms with Crippen molar-refractivity contribution in [2.24, 2.45) is 0 Å². The highest BCUT2D eigenvalue weighted by Gasteiger charge is 2.32. The zero-order valence-corrected chi connectivity index (χ0v) is 10.5. The lowest BCUT2D eigenvalue weighted by atomic mass is 10.4. The molecule has 9 heteroatoms. The largest absolute Gasteiger partial charge is 0.419 e. The van der Waals surface area contributed by atoms with Gasteiger partial charge in [-0.15, -0.1) is 0 Å². The van der Waals surface area contributed by atoms with Gasteiger partial charge < -0.3 is 0 Å². The lowest BCUT2D eigenvalue weighted by Gasteiger charge is -2.03. The molecule has 0 saturated heterocycles. The maximum Gasteiger partial charge on any atom is 0.419 e. The second kappa shape index (κ2) is 4.77. The van der Waals surface area contributed by atoms with Crippen LogP contribution < -0.4 is 0 Å². The Hall–Kier alpha value is -1.28. The van der Waals surface area contributed by atoms with Crippen molar-refractivity contribution >= 4 is 23.4 Å². The smallest absolute Gasteiger partial charge is 0.222 e. The van der Waals surface area contributed by atoms with Crippen molar-refractivity contribution in [3.8, 4) is 5.82 Å². The van der Waals surface area contributed by atoms with E-state index in [1.54, 1.807) is 6.26 Å². The van der Waals surface area contributed by atoms with E-state index in [0.717, 1.165) is 17.1 Å². The minimum absolute atomic E-state index is 0.147.